The zero-order chi connectivity index (χ0) is 21.5. The lowest BCUT2D eigenvalue weighted by Crippen LogP contribution is -2.41. The van der Waals surface area contributed by atoms with Crippen LogP contribution in [-0.4, -0.2) is 40.5 Å². The highest BCUT2D eigenvalue weighted by atomic mass is 19.3. The standard InChI is InChI=1S/C23H24F2N2O3/c1-14-11-20(30-2)18(17-7-9-26-21(14)17)13-27-10-8-23(24,25)12-19(27)15-3-5-16(6-4-15)22(28)29/h3-7,9,11,19,26H,8,10,12-13H2,1-2H3,(H,28,29). The highest BCUT2D eigenvalue weighted by Crippen LogP contribution is 2.42. The van der Waals surface area contributed by atoms with Crippen molar-refractivity contribution >= 4 is 16.9 Å². The van der Waals surface area contributed by atoms with Crippen molar-refractivity contribution in [3.8, 4) is 5.75 Å². The van der Waals surface area contributed by atoms with Crippen LogP contribution < -0.4 is 4.74 Å². The lowest BCUT2D eigenvalue weighted by molar-refractivity contribution is -0.0815. The van der Waals surface area contributed by atoms with Gasteiger partial charge in [0.1, 0.15) is 5.75 Å². The number of carboxylic acid groups (broad SMARTS) is 1. The first-order valence-corrected chi connectivity index (χ1v) is 9.88. The van der Waals surface area contributed by atoms with Gasteiger partial charge in [-0.1, -0.05) is 12.1 Å². The van der Waals surface area contributed by atoms with E-state index in [-0.39, 0.29) is 24.9 Å². The molecule has 3 aromatic rings. The maximum absolute atomic E-state index is 14.3. The van der Waals surface area contributed by atoms with Crippen molar-refractivity contribution in [2.45, 2.75) is 38.3 Å². The van der Waals surface area contributed by atoms with E-state index >= 15 is 0 Å². The average molecular weight is 414 g/mol. The fourth-order valence-electron chi connectivity index (χ4n) is 4.33. The number of aryl methyl sites for hydroxylation is 1. The molecular formula is C23H24F2N2O3. The molecule has 4 rings (SSSR count). The molecule has 1 aliphatic heterocycles. The summed E-state index contributed by atoms with van der Waals surface area (Å²) in [6.07, 6.45) is 1.36. The number of alkyl halides is 2. The van der Waals surface area contributed by atoms with E-state index in [0.717, 1.165) is 27.8 Å². The van der Waals surface area contributed by atoms with Crippen molar-refractivity contribution in [2.24, 2.45) is 0 Å². The van der Waals surface area contributed by atoms with Gasteiger partial charge in [-0.3, -0.25) is 4.90 Å². The molecule has 0 spiro atoms. The SMILES string of the molecule is COc1cc(C)c2[nH]ccc2c1CN1CCC(F)(F)CC1c1ccc(C(=O)O)cc1. The van der Waals surface area contributed by atoms with Crippen molar-refractivity contribution in [3.63, 3.8) is 0 Å². The highest BCUT2D eigenvalue weighted by molar-refractivity contribution is 5.88. The second kappa shape index (κ2) is 7.72. The van der Waals surface area contributed by atoms with Gasteiger partial charge in [0.25, 0.3) is 5.92 Å². The summed E-state index contributed by atoms with van der Waals surface area (Å²) in [5.74, 6) is -3.06. The van der Waals surface area contributed by atoms with E-state index in [0.29, 0.717) is 12.1 Å². The Morgan fingerprint density at radius 3 is 2.70 bits per heavy atom. The van der Waals surface area contributed by atoms with Crippen molar-refractivity contribution in [1.82, 2.24) is 9.88 Å². The smallest absolute Gasteiger partial charge is 0.335 e. The van der Waals surface area contributed by atoms with Crippen molar-refractivity contribution < 1.29 is 23.4 Å². The van der Waals surface area contributed by atoms with Crippen LogP contribution in [0.3, 0.4) is 0 Å². The first-order valence-electron chi connectivity index (χ1n) is 9.88. The molecule has 1 atom stereocenters. The molecule has 5 nitrogen and oxygen atoms in total. The third-order valence-electron chi connectivity index (χ3n) is 5.93. The molecule has 2 aromatic carbocycles. The Hall–Kier alpha value is -2.93. The van der Waals surface area contributed by atoms with Gasteiger partial charge in [0.05, 0.1) is 12.7 Å². The van der Waals surface area contributed by atoms with E-state index in [4.69, 9.17) is 9.84 Å². The summed E-state index contributed by atoms with van der Waals surface area (Å²) >= 11 is 0. The molecule has 0 aliphatic carbocycles. The number of carboxylic acids is 1. The van der Waals surface area contributed by atoms with Gasteiger partial charge in [-0.15, -0.1) is 0 Å². The largest absolute Gasteiger partial charge is 0.496 e. The lowest BCUT2D eigenvalue weighted by Gasteiger charge is -2.40. The molecule has 1 fully saturated rings. The van der Waals surface area contributed by atoms with Gasteiger partial charge < -0.3 is 14.8 Å². The summed E-state index contributed by atoms with van der Waals surface area (Å²) < 4.78 is 34.2. The fourth-order valence-corrected chi connectivity index (χ4v) is 4.33. The third-order valence-corrected chi connectivity index (χ3v) is 5.93. The number of benzene rings is 2. The number of hydrogen-bond donors (Lipinski definition) is 2. The summed E-state index contributed by atoms with van der Waals surface area (Å²) in [6.45, 7) is 2.69. The average Bonchev–Trinajstić information content (AvgIpc) is 3.21. The van der Waals surface area contributed by atoms with Gasteiger partial charge in [-0.2, -0.15) is 0 Å². The molecule has 0 radical (unpaired) electrons. The Kier molecular flexibility index (Phi) is 5.24. The molecule has 1 aliphatic rings. The second-order valence-corrected chi connectivity index (χ2v) is 7.86. The third kappa shape index (κ3) is 3.77. The predicted molar refractivity (Wildman–Crippen MR) is 110 cm³/mol. The minimum Gasteiger partial charge on any atom is -0.496 e. The van der Waals surface area contributed by atoms with Crippen molar-refractivity contribution in [2.75, 3.05) is 13.7 Å². The quantitative estimate of drug-likeness (QED) is 0.606. The summed E-state index contributed by atoms with van der Waals surface area (Å²) in [7, 11) is 1.61. The molecule has 0 saturated carbocycles. The van der Waals surface area contributed by atoms with E-state index in [9.17, 15) is 13.6 Å². The minimum atomic E-state index is -2.76. The number of methoxy groups -OCH3 is 1. The summed E-state index contributed by atoms with van der Waals surface area (Å²) in [4.78, 5) is 16.4. The van der Waals surface area contributed by atoms with Gasteiger partial charge in [0, 0.05) is 54.6 Å². The van der Waals surface area contributed by atoms with Gasteiger partial charge in [0.2, 0.25) is 0 Å². The molecule has 1 saturated heterocycles. The van der Waals surface area contributed by atoms with E-state index < -0.39 is 17.9 Å². The molecule has 1 unspecified atom stereocenters. The van der Waals surface area contributed by atoms with Crippen LogP contribution in [0.25, 0.3) is 10.9 Å². The maximum atomic E-state index is 14.3. The van der Waals surface area contributed by atoms with Crippen LogP contribution in [0.5, 0.6) is 5.75 Å². The van der Waals surface area contributed by atoms with Crippen LogP contribution in [0.15, 0.2) is 42.6 Å². The number of aromatic carboxylic acids is 1. The summed E-state index contributed by atoms with van der Waals surface area (Å²) in [6, 6.07) is 9.65. The first kappa shape index (κ1) is 20.3. The lowest BCUT2D eigenvalue weighted by atomic mass is 9.91. The van der Waals surface area contributed by atoms with E-state index in [1.54, 1.807) is 19.2 Å². The maximum Gasteiger partial charge on any atom is 0.335 e. The molecule has 158 valence electrons. The number of hydrogen-bond acceptors (Lipinski definition) is 3. The summed E-state index contributed by atoms with van der Waals surface area (Å²) in [5, 5.41) is 10.1. The van der Waals surface area contributed by atoms with Gasteiger partial charge in [-0.05, 0) is 42.3 Å². The number of nitrogens with zero attached hydrogens (tertiary/aromatic N) is 1. The van der Waals surface area contributed by atoms with Gasteiger partial charge >= 0.3 is 5.97 Å². The zero-order valence-corrected chi connectivity index (χ0v) is 16.9. The molecule has 30 heavy (non-hydrogen) atoms. The number of likely N-dealkylation sites (tertiary alicyclic amines) is 1. The highest BCUT2D eigenvalue weighted by Gasteiger charge is 2.41. The van der Waals surface area contributed by atoms with E-state index in [2.05, 4.69) is 4.98 Å². The Morgan fingerprint density at radius 1 is 1.30 bits per heavy atom. The van der Waals surface area contributed by atoms with Crippen LogP contribution >= 0.6 is 0 Å². The summed E-state index contributed by atoms with van der Waals surface area (Å²) in [5.41, 5.74) is 3.85. The Labute approximate surface area is 173 Å². The number of rotatable bonds is 5. The Balaban J connectivity index is 1.72. The van der Waals surface area contributed by atoms with E-state index in [1.165, 1.54) is 12.1 Å². The number of carbonyl (C=O) groups is 1. The Bertz CT molecular complexity index is 1080. The van der Waals surface area contributed by atoms with Crippen LogP contribution in [0.4, 0.5) is 8.78 Å². The second-order valence-electron chi connectivity index (χ2n) is 7.86. The number of aromatic nitrogens is 1. The zero-order valence-electron chi connectivity index (χ0n) is 16.9. The van der Waals surface area contributed by atoms with E-state index in [1.807, 2.05) is 30.2 Å². The first-order chi connectivity index (χ1) is 14.3. The van der Waals surface area contributed by atoms with Crippen LogP contribution in [0.2, 0.25) is 0 Å². The number of aromatic amines is 1. The normalized spacial score (nSPS) is 19.1. The molecule has 1 aromatic heterocycles. The van der Waals surface area contributed by atoms with Crippen molar-refractivity contribution in [1.29, 1.82) is 0 Å². The van der Waals surface area contributed by atoms with Gasteiger partial charge in [0.15, 0.2) is 0 Å². The minimum absolute atomic E-state index is 0.141. The number of fused-ring (bicyclic) bond motifs is 1. The number of piperidine rings is 1. The molecular weight excluding hydrogens is 390 g/mol. The molecule has 0 bridgehead atoms. The van der Waals surface area contributed by atoms with Crippen LogP contribution in [0, 0.1) is 6.92 Å². The van der Waals surface area contributed by atoms with Crippen LogP contribution in [0.1, 0.15) is 45.9 Å². The molecule has 0 amide bonds. The molecule has 2 N–H and O–H groups in total. The number of nitrogens with one attached hydrogen (secondary N) is 1. The number of H-pyrrole nitrogens is 1. The topological polar surface area (TPSA) is 65.6 Å². The van der Waals surface area contributed by atoms with Crippen LogP contribution in [-0.2, 0) is 6.54 Å². The van der Waals surface area contributed by atoms with Crippen molar-refractivity contribution in [3.05, 3.63) is 64.8 Å². The monoisotopic (exact) mass is 414 g/mol. The fraction of sp³-hybridized carbons (Fsp3) is 0.348. The Morgan fingerprint density at radius 2 is 2.03 bits per heavy atom. The molecule has 2 heterocycles. The molecule has 7 heteroatoms. The van der Waals surface area contributed by atoms with Gasteiger partial charge in [-0.25, -0.2) is 13.6 Å². The number of halogens is 2. The number of ether oxygens (including phenoxy) is 1. The predicted octanol–water partition coefficient (Wildman–Crippen LogP) is 5.16.